The molecule has 0 saturated heterocycles. The highest BCUT2D eigenvalue weighted by atomic mass is 28.3. The second-order valence-corrected chi connectivity index (χ2v) is 19.4. The molecule has 122 valence electrons. The molecule has 0 bridgehead atoms. The van der Waals surface area contributed by atoms with Gasteiger partial charge in [0.1, 0.15) is 0 Å². The summed E-state index contributed by atoms with van der Waals surface area (Å²) >= 11 is 0. The average Bonchev–Trinajstić information content (AvgIpc) is 2.50. The second-order valence-electron chi connectivity index (χ2n) is 9.23. The van der Waals surface area contributed by atoms with Crippen LogP contribution in [0.1, 0.15) is 0 Å². The van der Waals surface area contributed by atoms with E-state index in [-0.39, 0.29) is 0 Å². The van der Waals surface area contributed by atoms with Crippen LogP contribution < -0.4 is 10.4 Å². The highest BCUT2D eigenvalue weighted by molar-refractivity contribution is 6.89. The van der Waals surface area contributed by atoms with Crippen LogP contribution in [0, 0.1) is 0 Å². The van der Waals surface area contributed by atoms with Gasteiger partial charge >= 0.3 is 0 Å². The fraction of sp³-hybridized carbons (Fsp3) is 0.273. The van der Waals surface area contributed by atoms with Crippen molar-refractivity contribution in [2.24, 2.45) is 0 Å². The highest BCUT2D eigenvalue weighted by Crippen LogP contribution is 2.34. The molecule has 0 atom stereocenters. The Morgan fingerprint density at radius 1 is 0.458 bits per heavy atom. The maximum Gasteiger partial charge on any atom is 0.0776 e. The normalized spacial score (nSPS) is 13.4. The number of benzene rings is 4. The molecule has 4 rings (SSSR count). The Morgan fingerprint density at radius 2 is 0.708 bits per heavy atom. The summed E-state index contributed by atoms with van der Waals surface area (Å²) in [5.41, 5.74) is 0. The molecule has 0 amide bonds. The Bertz CT molecular complexity index is 909. The van der Waals surface area contributed by atoms with Gasteiger partial charge in [0.15, 0.2) is 0 Å². The fourth-order valence-electron chi connectivity index (χ4n) is 3.70. The zero-order chi connectivity index (χ0) is 17.3. The molecule has 0 nitrogen and oxygen atoms in total. The molecular formula is C22H26Si2. The van der Waals surface area contributed by atoms with Gasteiger partial charge in [0.2, 0.25) is 0 Å². The van der Waals surface area contributed by atoms with Crippen LogP contribution in [-0.2, 0) is 0 Å². The van der Waals surface area contributed by atoms with Crippen LogP contribution >= 0.6 is 0 Å². The van der Waals surface area contributed by atoms with Gasteiger partial charge in [-0.05, 0) is 32.3 Å². The lowest BCUT2D eigenvalue weighted by Gasteiger charge is -2.22. The molecule has 0 aliphatic carbocycles. The summed E-state index contributed by atoms with van der Waals surface area (Å²) in [7, 11) is -2.61. The van der Waals surface area contributed by atoms with Gasteiger partial charge in [0, 0.05) is 0 Å². The molecule has 0 N–H and O–H groups in total. The smallest absolute Gasteiger partial charge is 0.0656 e. The highest BCUT2D eigenvalue weighted by Gasteiger charge is 2.21. The summed E-state index contributed by atoms with van der Waals surface area (Å²) in [6.45, 7) is 14.6. The lowest BCUT2D eigenvalue weighted by molar-refractivity contribution is 1.71. The SMILES string of the molecule is C[Si](C)(C)c1cc2ccc3cc([Si](C)(C)C)cc4ccc(c1)c2c34. The molecule has 2 heteroatoms. The largest absolute Gasteiger partial charge is 0.0776 e. The monoisotopic (exact) mass is 346 g/mol. The standard InChI is InChI=1S/C22H26Si2/c1-23(2,3)19-11-15-7-9-17-13-20(24(4,5)6)14-18-10-8-16(12-19)21(15)22(17)18/h7-14H,1-6H3. The predicted molar refractivity (Wildman–Crippen MR) is 116 cm³/mol. The third-order valence-corrected chi connectivity index (χ3v) is 9.31. The van der Waals surface area contributed by atoms with Crippen molar-refractivity contribution < 1.29 is 0 Å². The first-order valence-electron chi connectivity index (χ1n) is 8.88. The zero-order valence-corrected chi connectivity index (χ0v) is 17.6. The Kier molecular flexibility index (Phi) is 3.26. The maximum absolute atomic E-state index is 2.44. The quantitative estimate of drug-likeness (QED) is 0.324. The van der Waals surface area contributed by atoms with Crippen molar-refractivity contribution in [1.29, 1.82) is 0 Å². The predicted octanol–water partition coefficient (Wildman–Crippen LogP) is 5.67. The van der Waals surface area contributed by atoms with E-state index in [2.05, 4.69) is 87.8 Å². The minimum absolute atomic E-state index is 1.31. The molecule has 4 aromatic rings. The third-order valence-electron chi connectivity index (χ3n) is 5.27. The molecule has 0 aliphatic rings. The van der Waals surface area contributed by atoms with E-state index in [9.17, 15) is 0 Å². The summed E-state index contributed by atoms with van der Waals surface area (Å²) in [5.74, 6) is 0. The van der Waals surface area contributed by atoms with Gasteiger partial charge < -0.3 is 0 Å². The van der Waals surface area contributed by atoms with Crippen LogP contribution in [0.5, 0.6) is 0 Å². The van der Waals surface area contributed by atoms with Crippen molar-refractivity contribution in [2.45, 2.75) is 39.3 Å². The Hall–Kier alpha value is -1.65. The first-order valence-corrected chi connectivity index (χ1v) is 15.9. The molecule has 4 aromatic carbocycles. The molecule has 0 spiro atoms. The van der Waals surface area contributed by atoms with Crippen LogP contribution in [0.4, 0.5) is 0 Å². The van der Waals surface area contributed by atoms with Crippen molar-refractivity contribution in [3.63, 3.8) is 0 Å². The maximum atomic E-state index is 2.44. The van der Waals surface area contributed by atoms with Gasteiger partial charge in [-0.25, -0.2) is 0 Å². The Balaban J connectivity index is 2.14. The van der Waals surface area contributed by atoms with Crippen LogP contribution in [0.3, 0.4) is 0 Å². The van der Waals surface area contributed by atoms with Crippen LogP contribution in [0.2, 0.25) is 39.3 Å². The topological polar surface area (TPSA) is 0 Å². The lowest BCUT2D eigenvalue weighted by atomic mass is 9.94. The van der Waals surface area contributed by atoms with Crippen molar-refractivity contribution in [3.8, 4) is 0 Å². The zero-order valence-electron chi connectivity index (χ0n) is 15.6. The Morgan fingerprint density at radius 3 is 0.917 bits per heavy atom. The number of hydrogen-bond donors (Lipinski definition) is 0. The van der Waals surface area contributed by atoms with E-state index in [1.165, 1.54) is 32.3 Å². The van der Waals surface area contributed by atoms with Gasteiger partial charge in [0.05, 0.1) is 16.1 Å². The molecule has 0 unspecified atom stereocenters. The molecule has 24 heavy (non-hydrogen) atoms. The number of rotatable bonds is 2. The minimum Gasteiger partial charge on any atom is -0.0656 e. The van der Waals surface area contributed by atoms with Crippen LogP contribution in [0.15, 0.2) is 48.5 Å². The van der Waals surface area contributed by atoms with E-state index in [1.807, 2.05) is 0 Å². The number of hydrogen-bond acceptors (Lipinski definition) is 0. The second kappa shape index (κ2) is 4.93. The van der Waals surface area contributed by atoms with Crippen molar-refractivity contribution in [2.75, 3.05) is 0 Å². The van der Waals surface area contributed by atoms with Gasteiger partial charge in [-0.15, -0.1) is 0 Å². The van der Waals surface area contributed by atoms with Crippen molar-refractivity contribution in [3.05, 3.63) is 48.5 Å². The minimum atomic E-state index is -1.31. The van der Waals surface area contributed by atoms with E-state index < -0.39 is 16.1 Å². The van der Waals surface area contributed by atoms with E-state index in [0.29, 0.717) is 0 Å². The molecule has 0 fully saturated rings. The lowest BCUT2D eigenvalue weighted by Crippen LogP contribution is -2.37. The van der Waals surface area contributed by atoms with Gasteiger partial charge in [-0.3, -0.25) is 0 Å². The summed E-state index contributed by atoms with van der Waals surface area (Å²) in [4.78, 5) is 0. The van der Waals surface area contributed by atoms with E-state index >= 15 is 0 Å². The van der Waals surface area contributed by atoms with E-state index in [1.54, 1.807) is 10.4 Å². The summed E-state index contributed by atoms with van der Waals surface area (Å²) in [5, 5.41) is 11.6. The van der Waals surface area contributed by atoms with E-state index in [4.69, 9.17) is 0 Å². The van der Waals surface area contributed by atoms with E-state index in [0.717, 1.165) is 0 Å². The molecule has 0 aliphatic heterocycles. The van der Waals surface area contributed by atoms with Crippen LogP contribution in [-0.4, -0.2) is 16.1 Å². The molecule has 0 heterocycles. The summed E-state index contributed by atoms with van der Waals surface area (Å²) < 4.78 is 0. The summed E-state index contributed by atoms with van der Waals surface area (Å²) in [6, 6.07) is 19.1. The summed E-state index contributed by atoms with van der Waals surface area (Å²) in [6.07, 6.45) is 0. The van der Waals surface area contributed by atoms with Crippen molar-refractivity contribution in [1.82, 2.24) is 0 Å². The fourth-order valence-corrected chi connectivity index (χ4v) is 6.06. The van der Waals surface area contributed by atoms with Crippen molar-refractivity contribution >= 4 is 58.8 Å². The van der Waals surface area contributed by atoms with Crippen LogP contribution in [0.25, 0.3) is 32.3 Å². The Labute approximate surface area is 146 Å². The third kappa shape index (κ3) is 2.40. The first kappa shape index (κ1) is 15.9. The van der Waals surface area contributed by atoms with Gasteiger partial charge in [-0.1, -0.05) is 98.2 Å². The van der Waals surface area contributed by atoms with Gasteiger partial charge in [0.25, 0.3) is 0 Å². The molecule has 0 radical (unpaired) electrons. The molecule has 0 saturated carbocycles. The van der Waals surface area contributed by atoms with Gasteiger partial charge in [-0.2, -0.15) is 0 Å². The average molecular weight is 347 g/mol. The first-order chi connectivity index (χ1) is 11.1. The molecule has 0 aromatic heterocycles. The molecular weight excluding hydrogens is 320 g/mol.